The first-order chi connectivity index (χ1) is 8.70. The minimum absolute atomic E-state index is 0.0656. The first-order valence-corrected chi connectivity index (χ1v) is 6.70. The van der Waals surface area contributed by atoms with Crippen LogP contribution in [0.5, 0.6) is 0 Å². The zero-order valence-electron chi connectivity index (χ0n) is 10.9. The molecule has 0 bridgehead atoms. The van der Waals surface area contributed by atoms with E-state index in [1.165, 1.54) is 32.1 Å². The second kappa shape index (κ2) is 6.00. The number of aryl methyl sites for hydroxylation is 1. The van der Waals surface area contributed by atoms with Crippen LogP contribution >= 0.6 is 0 Å². The third-order valence-corrected chi connectivity index (χ3v) is 3.76. The maximum absolute atomic E-state index is 12.0. The fourth-order valence-corrected chi connectivity index (χ4v) is 2.70. The molecule has 1 saturated carbocycles. The van der Waals surface area contributed by atoms with E-state index in [1.807, 2.05) is 0 Å². The zero-order valence-corrected chi connectivity index (χ0v) is 10.9. The molecule has 1 aromatic heterocycles. The van der Waals surface area contributed by atoms with Gasteiger partial charge in [-0.2, -0.15) is 5.10 Å². The normalized spacial score (nSPS) is 18.6. The third-order valence-electron chi connectivity index (χ3n) is 3.76. The van der Waals surface area contributed by atoms with Gasteiger partial charge in [0.25, 0.3) is 5.91 Å². The van der Waals surface area contributed by atoms with E-state index < -0.39 is 0 Å². The summed E-state index contributed by atoms with van der Waals surface area (Å²) in [5.74, 6) is 0.466. The molecule has 1 aliphatic rings. The fourth-order valence-electron chi connectivity index (χ4n) is 2.70. The minimum Gasteiger partial charge on any atom is -0.348 e. The molecule has 1 atom stereocenters. The van der Waals surface area contributed by atoms with E-state index in [9.17, 15) is 4.79 Å². The van der Waals surface area contributed by atoms with Crippen molar-refractivity contribution in [2.24, 2.45) is 18.7 Å². The predicted molar refractivity (Wildman–Crippen MR) is 70.1 cm³/mol. The predicted octanol–water partition coefficient (Wildman–Crippen LogP) is 1.06. The van der Waals surface area contributed by atoms with Crippen molar-refractivity contribution in [2.75, 3.05) is 6.54 Å². The zero-order chi connectivity index (χ0) is 13.0. The number of nitrogens with one attached hydrogen (secondary N) is 1. The second-order valence-electron chi connectivity index (χ2n) is 5.12. The lowest BCUT2D eigenvalue weighted by Crippen LogP contribution is -2.45. The van der Waals surface area contributed by atoms with Gasteiger partial charge >= 0.3 is 0 Å². The van der Waals surface area contributed by atoms with E-state index in [0.29, 0.717) is 18.0 Å². The number of carbonyl (C=O) groups excluding carboxylic acids is 1. The molecule has 0 aliphatic heterocycles. The molecule has 3 N–H and O–H groups in total. The SMILES string of the molecule is Cn1cc(C(=O)NC(CN)C2CCCCC2)cn1. The molecule has 0 spiro atoms. The van der Waals surface area contributed by atoms with Gasteiger partial charge in [-0.15, -0.1) is 0 Å². The van der Waals surface area contributed by atoms with Crippen molar-refractivity contribution in [1.29, 1.82) is 0 Å². The molecule has 2 rings (SSSR count). The number of rotatable bonds is 4. The van der Waals surface area contributed by atoms with Gasteiger partial charge in [0.15, 0.2) is 0 Å². The van der Waals surface area contributed by atoms with Crippen molar-refractivity contribution in [2.45, 2.75) is 38.1 Å². The molecule has 18 heavy (non-hydrogen) atoms. The van der Waals surface area contributed by atoms with E-state index in [2.05, 4.69) is 10.4 Å². The molecule has 1 aliphatic carbocycles. The lowest BCUT2D eigenvalue weighted by molar-refractivity contribution is 0.0915. The van der Waals surface area contributed by atoms with Crippen LogP contribution in [0.1, 0.15) is 42.5 Å². The molecule has 0 aromatic carbocycles. The van der Waals surface area contributed by atoms with Crippen LogP contribution in [0.3, 0.4) is 0 Å². The number of carbonyl (C=O) groups is 1. The number of nitrogens with two attached hydrogens (primary N) is 1. The number of hydrogen-bond donors (Lipinski definition) is 2. The Morgan fingerprint density at radius 3 is 2.83 bits per heavy atom. The molecule has 0 radical (unpaired) electrons. The molecular formula is C13H22N4O. The number of amides is 1. The number of nitrogens with zero attached hydrogens (tertiary/aromatic N) is 2. The first-order valence-electron chi connectivity index (χ1n) is 6.70. The molecule has 5 heteroatoms. The summed E-state index contributed by atoms with van der Waals surface area (Å²) in [4.78, 5) is 12.0. The summed E-state index contributed by atoms with van der Waals surface area (Å²) >= 11 is 0. The molecule has 1 amide bonds. The summed E-state index contributed by atoms with van der Waals surface area (Å²) in [5.41, 5.74) is 6.40. The van der Waals surface area contributed by atoms with Crippen LogP contribution in [0.15, 0.2) is 12.4 Å². The van der Waals surface area contributed by atoms with Crippen molar-refractivity contribution in [3.05, 3.63) is 18.0 Å². The van der Waals surface area contributed by atoms with Gasteiger partial charge in [-0.3, -0.25) is 9.48 Å². The molecule has 1 aromatic rings. The summed E-state index contributed by atoms with van der Waals surface area (Å²) in [5, 5.41) is 7.06. The topological polar surface area (TPSA) is 72.9 Å². The number of hydrogen-bond acceptors (Lipinski definition) is 3. The summed E-state index contributed by atoms with van der Waals surface area (Å²) in [6.45, 7) is 0.511. The molecule has 1 fully saturated rings. The Kier molecular flexibility index (Phi) is 4.36. The van der Waals surface area contributed by atoms with Gasteiger partial charge in [0.1, 0.15) is 0 Å². The average Bonchev–Trinajstić information content (AvgIpc) is 2.83. The monoisotopic (exact) mass is 250 g/mol. The van der Waals surface area contributed by atoms with Gasteiger partial charge in [0.2, 0.25) is 0 Å². The molecular weight excluding hydrogens is 228 g/mol. The first kappa shape index (κ1) is 13.1. The van der Waals surface area contributed by atoms with E-state index in [4.69, 9.17) is 5.73 Å². The summed E-state index contributed by atoms with van der Waals surface area (Å²) < 4.78 is 1.63. The Labute approximate surface area is 108 Å². The highest BCUT2D eigenvalue weighted by Gasteiger charge is 2.24. The van der Waals surface area contributed by atoms with Crippen LogP contribution < -0.4 is 11.1 Å². The maximum Gasteiger partial charge on any atom is 0.254 e. The smallest absolute Gasteiger partial charge is 0.254 e. The second-order valence-corrected chi connectivity index (χ2v) is 5.12. The van der Waals surface area contributed by atoms with E-state index in [-0.39, 0.29) is 11.9 Å². The summed E-state index contributed by atoms with van der Waals surface area (Å²) in [6.07, 6.45) is 9.48. The maximum atomic E-state index is 12.0. The standard InChI is InChI=1S/C13H22N4O/c1-17-9-11(8-15-17)13(18)16-12(7-14)10-5-3-2-4-6-10/h8-10,12H,2-7,14H2,1H3,(H,16,18). The van der Waals surface area contributed by atoms with Gasteiger partial charge < -0.3 is 11.1 Å². The molecule has 1 unspecified atom stereocenters. The fraction of sp³-hybridized carbons (Fsp3) is 0.692. The van der Waals surface area contributed by atoms with Crippen LogP contribution in [-0.4, -0.2) is 28.3 Å². The lowest BCUT2D eigenvalue weighted by atomic mass is 9.84. The minimum atomic E-state index is -0.0656. The highest BCUT2D eigenvalue weighted by atomic mass is 16.1. The molecule has 5 nitrogen and oxygen atoms in total. The van der Waals surface area contributed by atoms with Crippen molar-refractivity contribution in [1.82, 2.24) is 15.1 Å². The Balaban J connectivity index is 1.95. The van der Waals surface area contributed by atoms with Gasteiger partial charge in [-0.05, 0) is 18.8 Å². The van der Waals surface area contributed by atoms with Crippen molar-refractivity contribution in [3.8, 4) is 0 Å². The van der Waals surface area contributed by atoms with Gasteiger partial charge in [-0.1, -0.05) is 19.3 Å². The van der Waals surface area contributed by atoms with Crippen molar-refractivity contribution in [3.63, 3.8) is 0 Å². The Bertz CT molecular complexity index is 395. The van der Waals surface area contributed by atoms with E-state index in [0.717, 1.165) is 0 Å². The molecule has 100 valence electrons. The summed E-state index contributed by atoms with van der Waals surface area (Å²) in [7, 11) is 1.80. The van der Waals surface area contributed by atoms with Crippen molar-refractivity contribution >= 4 is 5.91 Å². The van der Waals surface area contributed by atoms with Crippen LogP contribution in [0.2, 0.25) is 0 Å². The van der Waals surface area contributed by atoms with E-state index in [1.54, 1.807) is 24.1 Å². The van der Waals surface area contributed by atoms with Gasteiger partial charge in [0.05, 0.1) is 11.8 Å². The average molecular weight is 250 g/mol. The van der Waals surface area contributed by atoms with E-state index >= 15 is 0 Å². The van der Waals surface area contributed by atoms with Crippen LogP contribution in [-0.2, 0) is 7.05 Å². The van der Waals surface area contributed by atoms with Gasteiger partial charge in [-0.25, -0.2) is 0 Å². The van der Waals surface area contributed by atoms with Crippen LogP contribution in [0.4, 0.5) is 0 Å². The highest BCUT2D eigenvalue weighted by molar-refractivity contribution is 5.93. The summed E-state index contributed by atoms with van der Waals surface area (Å²) in [6, 6.07) is 0.0954. The van der Waals surface area contributed by atoms with Crippen molar-refractivity contribution < 1.29 is 4.79 Å². The molecule has 0 saturated heterocycles. The lowest BCUT2D eigenvalue weighted by Gasteiger charge is -2.29. The van der Waals surface area contributed by atoms with Crippen LogP contribution in [0.25, 0.3) is 0 Å². The largest absolute Gasteiger partial charge is 0.348 e. The number of aromatic nitrogens is 2. The highest BCUT2D eigenvalue weighted by Crippen LogP contribution is 2.26. The Hall–Kier alpha value is -1.36. The Morgan fingerprint density at radius 1 is 1.56 bits per heavy atom. The van der Waals surface area contributed by atoms with Crippen LogP contribution in [0, 0.1) is 5.92 Å². The quantitative estimate of drug-likeness (QED) is 0.839. The molecule has 1 heterocycles. The third kappa shape index (κ3) is 3.10. The van der Waals surface area contributed by atoms with Gasteiger partial charge in [0, 0.05) is 25.8 Å². The Morgan fingerprint density at radius 2 is 2.28 bits per heavy atom.